The molecular formula is C16H22ClF3N2O. The Bertz CT molecular complexity index is 496. The molecule has 23 heavy (non-hydrogen) atoms. The lowest BCUT2D eigenvalue weighted by Crippen LogP contribution is -2.44. The zero-order chi connectivity index (χ0) is 16.2. The van der Waals surface area contributed by atoms with Crippen LogP contribution in [0.15, 0.2) is 30.3 Å². The Kier molecular flexibility index (Phi) is 7.35. The van der Waals surface area contributed by atoms with Crippen molar-refractivity contribution in [2.24, 2.45) is 17.6 Å². The SMILES string of the molecule is Cl.NC(CNC(=O)C1CCCCC1C(F)(F)F)c1ccccc1. The molecule has 1 aromatic rings. The van der Waals surface area contributed by atoms with Crippen LogP contribution in [-0.2, 0) is 4.79 Å². The van der Waals surface area contributed by atoms with E-state index >= 15 is 0 Å². The fourth-order valence-corrected chi connectivity index (χ4v) is 3.00. The summed E-state index contributed by atoms with van der Waals surface area (Å²) in [6.07, 6.45) is -2.81. The standard InChI is InChI=1S/C16H21F3N2O.ClH/c17-16(18,19)13-9-5-4-8-12(13)15(22)21-10-14(20)11-6-2-1-3-7-11;/h1-3,6-7,12-14H,4-5,8-10,20H2,(H,21,22);1H. The minimum absolute atomic E-state index is 0. The van der Waals surface area contributed by atoms with Gasteiger partial charge in [0, 0.05) is 18.5 Å². The van der Waals surface area contributed by atoms with E-state index < -0.39 is 30.0 Å². The molecule has 3 unspecified atom stereocenters. The van der Waals surface area contributed by atoms with E-state index in [1.807, 2.05) is 30.3 Å². The molecule has 1 aliphatic rings. The molecule has 0 spiro atoms. The van der Waals surface area contributed by atoms with Crippen LogP contribution in [0.1, 0.15) is 37.3 Å². The monoisotopic (exact) mass is 350 g/mol. The van der Waals surface area contributed by atoms with Gasteiger partial charge in [0.1, 0.15) is 0 Å². The number of alkyl halides is 3. The fraction of sp³-hybridized carbons (Fsp3) is 0.562. The molecule has 7 heteroatoms. The van der Waals surface area contributed by atoms with E-state index in [4.69, 9.17) is 5.73 Å². The maximum Gasteiger partial charge on any atom is 0.392 e. The van der Waals surface area contributed by atoms with Gasteiger partial charge in [-0.25, -0.2) is 0 Å². The number of halogens is 4. The van der Waals surface area contributed by atoms with Crippen molar-refractivity contribution in [2.75, 3.05) is 6.54 Å². The first kappa shape index (κ1) is 19.8. The summed E-state index contributed by atoms with van der Waals surface area (Å²) in [5, 5.41) is 2.59. The number of nitrogens with two attached hydrogens (primary N) is 1. The second-order valence-corrected chi connectivity index (χ2v) is 5.80. The maximum atomic E-state index is 13.0. The molecule has 130 valence electrons. The zero-order valence-corrected chi connectivity index (χ0v) is 13.5. The topological polar surface area (TPSA) is 55.1 Å². The highest BCUT2D eigenvalue weighted by Crippen LogP contribution is 2.41. The van der Waals surface area contributed by atoms with Crippen LogP contribution >= 0.6 is 12.4 Å². The maximum absolute atomic E-state index is 13.0. The number of amides is 1. The van der Waals surface area contributed by atoms with Crippen molar-refractivity contribution in [3.05, 3.63) is 35.9 Å². The van der Waals surface area contributed by atoms with Crippen molar-refractivity contribution in [2.45, 2.75) is 37.9 Å². The number of hydrogen-bond donors (Lipinski definition) is 2. The summed E-state index contributed by atoms with van der Waals surface area (Å²) < 4.78 is 39.0. The molecule has 3 atom stereocenters. The Balaban J connectivity index is 0.00000264. The molecule has 0 saturated heterocycles. The first-order chi connectivity index (χ1) is 10.4. The summed E-state index contributed by atoms with van der Waals surface area (Å²) in [5.74, 6) is -3.06. The molecule has 1 saturated carbocycles. The lowest BCUT2D eigenvalue weighted by atomic mass is 9.78. The van der Waals surface area contributed by atoms with Gasteiger partial charge < -0.3 is 11.1 Å². The lowest BCUT2D eigenvalue weighted by molar-refractivity contribution is -0.198. The summed E-state index contributed by atoms with van der Waals surface area (Å²) in [5.41, 5.74) is 6.80. The van der Waals surface area contributed by atoms with Crippen LogP contribution in [0.4, 0.5) is 13.2 Å². The zero-order valence-electron chi connectivity index (χ0n) is 12.7. The lowest BCUT2D eigenvalue weighted by Gasteiger charge is -2.32. The Morgan fingerprint density at radius 1 is 1.22 bits per heavy atom. The van der Waals surface area contributed by atoms with Crippen molar-refractivity contribution >= 4 is 18.3 Å². The van der Waals surface area contributed by atoms with E-state index in [1.165, 1.54) is 0 Å². The highest BCUT2D eigenvalue weighted by atomic mass is 35.5. The average molecular weight is 351 g/mol. The normalized spacial score (nSPS) is 22.8. The van der Waals surface area contributed by atoms with Gasteiger partial charge in [-0.15, -0.1) is 12.4 Å². The third-order valence-electron chi connectivity index (χ3n) is 4.25. The highest BCUT2D eigenvalue weighted by molar-refractivity contribution is 5.85. The predicted molar refractivity (Wildman–Crippen MR) is 85.1 cm³/mol. The first-order valence-electron chi connectivity index (χ1n) is 7.54. The third-order valence-corrected chi connectivity index (χ3v) is 4.25. The summed E-state index contributed by atoms with van der Waals surface area (Å²) >= 11 is 0. The molecule has 1 aliphatic carbocycles. The summed E-state index contributed by atoms with van der Waals surface area (Å²) in [4.78, 5) is 12.1. The van der Waals surface area contributed by atoms with Crippen molar-refractivity contribution < 1.29 is 18.0 Å². The predicted octanol–water partition coefficient (Wildman–Crippen LogP) is 3.59. The Labute approximate surface area is 140 Å². The molecule has 1 amide bonds. The van der Waals surface area contributed by atoms with E-state index in [0.717, 1.165) is 5.56 Å². The summed E-state index contributed by atoms with van der Waals surface area (Å²) in [7, 11) is 0. The molecular weight excluding hydrogens is 329 g/mol. The number of rotatable bonds is 4. The molecule has 3 N–H and O–H groups in total. The van der Waals surface area contributed by atoms with Crippen LogP contribution in [0.5, 0.6) is 0 Å². The van der Waals surface area contributed by atoms with Gasteiger partial charge in [-0.1, -0.05) is 43.2 Å². The molecule has 2 rings (SSSR count). The molecule has 3 nitrogen and oxygen atoms in total. The van der Waals surface area contributed by atoms with Crippen LogP contribution in [-0.4, -0.2) is 18.6 Å². The number of benzene rings is 1. The molecule has 0 heterocycles. The smallest absolute Gasteiger partial charge is 0.354 e. The van der Waals surface area contributed by atoms with Gasteiger partial charge in [0.25, 0.3) is 0 Å². The Morgan fingerprint density at radius 2 is 1.83 bits per heavy atom. The Hall–Kier alpha value is -1.27. The van der Waals surface area contributed by atoms with Gasteiger partial charge in [-0.05, 0) is 18.4 Å². The average Bonchev–Trinajstić information content (AvgIpc) is 2.52. The van der Waals surface area contributed by atoms with Crippen LogP contribution < -0.4 is 11.1 Å². The number of carbonyl (C=O) groups is 1. The number of carbonyl (C=O) groups excluding carboxylic acids is 1. The van der Waals surface area contributed by atoms with Crippen LogP contribution in [0.25, 0.3) is 0 Å². The summed E-state index contributed by atoms with van der Waals surface area (Å²) in [6, 6.07) is 8.75. The summed E-state index contributed by atoms with van der Waals surface area (Å²) in [6.45, 7) is 0.143. The van der Waals surface area contributed by atoms with E-state index in [-0.39, 0.29) is 31.8 Å². The van der Waals surface area contributed by atoms with E-state index in [1.54, 1.807) is 0 Å². The second-order valence-electron chi connectivity index (χ2n) is 5.80. The molecule has 0 aromatic heterocycles. The van der Waals surface area contributed by atoms with E-state index in [0.29, 0.717) is 12.8 Å². The highest BCUT2D eigenvalue weighted by Gasteiger charge is 2.47. The minimum Gasteiger partial charge on any atom is -0.354 e. The van der Waals surface area contributed by atoms with Gasteiger partial charge in [0.15, 0.2) is 0 Å². The molecule has 1 fully saturated rings. The van der Waals surface area contributed by atoms with Crippen LogP contribution in [0.2, 0.25) is 0 Å². The van der Waals surface area contributed by atoms with Crippen molar-refractivity contribution in [3.63, 3.8) is 0 Å². The number of nitrogens with one attached hydrogen (secondary N) is 1. The van der Waals surface area contributed by atoms with Gasteiger partial charge in [0.2, 0.25) is 5.91 Å². The van der Waals surface area contributed by atoms with Crippen molar-refractivity contribution in [1.82, 2.24) is 5.32 Å². The van der Waals surface area contributed by atoms with Crippen molar-refractivity contribution in [1.29, 1.82) is 0 Å². The fourth-order valence-electron chi connectivity index (χ4n) is 3.00. The van der Waals surface area contributed by atoms with E-state index in [2.05, 4.69) is 5.32 Å². The van der Waals surface area contributed by atoms with Gasteiger partial charge >= 0.3 is 6.18 Å². The molecule has 0 bridgehead atoms. The second kappa shape index (κ2) is 8.55. The van der Waals surface area contributed by atoms with Gasteiger partial charge in [0.05, 0.1) is 5.92 Å². The molecule has 0 radical (unpaired) electrons. The Morgan fingerprint density at radius 3 is 2.43 bits per heavy atom. The molecule has 1 aromatic carbocycles. The van der Waals surface area contributed by atoms with Crippen molar-refractivity contribution in [3.8, 4) is 0 Å². The quantitative estimate of drug-likeness (QED) is 0.871. The molecule has 0 aliphatic heterocycles. The number of hydrogen-bond acceptors (Lipinski definition) is 2. The van der Waals surface area contributed by atoms with Gasteiger partial charge in [-0.2, -0.15) is 13.2 Å². The van der Waals surface area contributed by atoms with Crippen LogP contribution in [0, 0.1) is 11.8 Å². The van der Waals surface area contributed by atoms with Crippen LogP contribution in [0.3, 0.4) is 0 Å². The van der Waals surface area contributed by atoms with Gasteiger partial charge in [-0.3, -0.25) is 4.79 Å². The minimum atomic E-state index is -4.32. The largest absolute Gasteiger partial charge is 0.392 e. The van der Waals surface area contributed by atoms with E-state index in [9.17, 15) is 18.0 Å². The first-order valence-corrected chi connectivity index (χ1v) is 7.54. The third kappa shape index (κ3) is 5.39.